The maximum atomic E-state index is 12.6. The molecular formula is C19H28N2O6S2. The molecule has 10 heteroatoms. The number of rotatable bonds is 5. The molecule has 0 aromatic heterocycles. The summed E-state index contributed by atoms with van der Waals surface area (Å²) in [6.45, 7) is 0.952. The normalized spacial score (nSPS) is 26.6. The molecule has 162 valence electrons. The van der Waals surface area contributed by atoms with Crippen LogP contribution in [0.25, 0.3) is 0 Å². The molecule has 1 N–H and O–H groups in total. The van der Waals surface area contributed by atoms with Gasteiger partial charge >= 0.3 is 0 Å². The van der Waals surface area contributed by atoms with Gasteiger partial charge < -0.3 is 9.47 Å². The number of benzene rings is 1. The van der Waals surface area contributed by atoms with Gasteiger partial charge in [0, 0.05) is 25.9 Å². The lowest BCUT2D eigenvalue weighted by molar-refractivity contribution is -0.186. The molecule has 2 heterocycles. The Kier molecular flexibility index (Phi) is 5.91. The third-order valence-electron chi connectivity index (χ3n) is 5.81. The van der Waals surface area contributed by atoms with E-state index in [-0.39, 0.29) is 23.3 Å². The first kappa shape index (κ1) is 21.0. The number of nitrogens with one attached hydrogen (secondary N) is 1. The fourth-order valence-corrected chi connectivity index (χ4v) is 6.93. The largest absolute Gasteiger partial charge is 0.347 e. The van der Waals surface area contributed by atoms with Crippen LogP contribution in [0, 0.1) is 0 Å². The molecule has 0 bridgehead atoms. The van der Waals surface area contributed by atoms with Crippen LogP contribution in [0.3, 0.4) is 0 Å². The molecule has 1 saturated carbocycles. The lowest BCUT2D eigenvalue weighted by atomic mass is 9.94. The van der Waals surface area contributed by atoms with Crippen LogP contribution >= 0.6 is 0 Å². The van der Waals surface area contributed by atoms with Gasteiger partial charge in [0.25, 0.3) is 0 Å². The molecule has 3 fully saturated rings. The van der Waals surface area contributed by atoms with E-state index < -0.39 is 25.8 Å². The summed E-state index contributed by atoms with van der Waals surface area (Å²) in [6.07, 6.45) is 6.18. The number of sulfonamides is 2. The smallest absolute Gasteiger partial charge is 0.240 e. The summed E-state index contributed by atoms with van der Waals surface area (Å²) in [5.41, 5.74) is 0.496. The molecule has 1 spiro atoms. The molecule has 4 rings (SSSR count). The quantitative estimate of drug-likeness (QED) is 0.745. The van der Waals surface area contributed by atoms with Crippen LogP contribution in [0.5, 0.6) is 0 Å². The van der Waals surface area contributed by atoms with Crippen molar-refractivity contribution in [3.63, 3.8) is 0 Å². The Morgan fingerprint density at radius 3 is 2.48 bits per heavy atom. The Hall–Kier alpha value is -1.20. The zero-order valence-electron chi connectivity index (χ0n) is 16.4. The lowest BCUT2D eigenvalue weighted by Crippen LogP contribution is -2.38. The Morgan fingerprint density at radius 1 is 1.07 bits per heavy atom. The van der Waals surface area contributed by atoms with Gasteiger partial charge in [-0.05, 0) is 49.9 Å². The highest BCUT2D eigenvalue weighted by Gasteiger charge is 2.42. The number of nitrogens with zero attached hydrogens (tertiary/aromatic N) is 1. The molecule has 1 aromatic rings. The average Bonchev–Trinajstić information content (AvgIpc) is 3.09. The van der Waals surface area contributed by atoms with Crippen LogP contribution in [0.15, 0.2) is 29.2 Å². The van der Waals surface area contributed by atoms with Crippen LogP contribution in [0.1, 0.15) is 44.9 Å². The minimum atomic E-state index is -3.72. The van der Waals surface area contributed by atoms with Crippen molar-refractivity contribution in [2.45, 2.75) is 61.7 Å². The molecule has 1 atom stereocenters. The third kappa shape index (κ3) is 4.61. The average molecular weight is 445 g/mol. The van der Waals surface area contributed by atoms with Crippen molar-refractivity contribution >= 4 is 25.7 Å². The zero-order chi connectivity index (χ0) is 20.5. The lowest BCUT2D eigenvalue weighted by Gasteiger charge is -2.31. The van der Waals surface area contributed by atoms with Crippen LogP contribution in [-0.4, -0.2) is 54.2 Å². The van der Waals surface area contributed by atoms with Crippen LogP contribution in [-0.2, 0) is 29.5 Å². The number of hydrogen-bond acceptors (Lipinski definition) is 6. The monoisotopic (exact) mass is 444 g/mol. The highest BCUT2D eigenvalue weighted by molar-refractivity contribution is 7.92. The van der Waals surface area contributed by atoms with Crippen LogP contribution in [0.2, 0.25) is 0 Å². The first-order valence-electron chi connectivity index (χ1n) is 10.2. The predicted octanol–water partition coefficient (Wildman–Crippen LogP) is 1.97. The Labute approximate surface area is 172 Å². The van der Waals surface area contributed by atoms with Gasteiger partial charge in [-0.25, -0.2) is 21.6 Å². The Morgan fingerprint density at radius 2 is 1.79 bits per heavy atom. The van der Waals surface area contributed by atoms with E-state index in [4.69, 9.17) is 9.47 Å². The van der Waals surface area contributed by atoms with Crippen LogP contribution in [0.4, 0.5) is 5.69 Å². The van der Waals surface area contributed by atoms with Gasteiger partial charge in [-0.2, -0.15) is 0 Å². The molecule has 0 radical (unpaired) electrons. The number of ether oxygens (including phenoxy) is 2. The van der Waals surface area contributed by atoms with Gasteiger partial charge in [-0.15, -0.1) is 0 Å². The highest BCUT2D eigenvalue weighted by atomic mass is 32.2. The van der Waals surface area contributed by atoms with Crippen LogP contribution < -0.4 is 9.03 Å². The molecule has 0 unspecified atom stereocenters. The molecule has 8 nitrogen and oxygen atoms in total. The summed E-state index contributed by atoms with van der Waals surface area (Å²) < 4.78 is 65.5. The van der Waals surface area contributed by atoms with Gasteiger partial charge in [-0.1, -0.05) is 6.42 Å². The molecule has 0 amide bonds. The Balaban J connectivity index is 1.38. The summed E-state index contributed by atoms with van der Waals surface area (Å²) in [4.78, 5) is 0.0990. The topological polar surface area (TPSA) is 102 Å². The van der Waals surface area contributed by atoms with Gasteiger partial charge in [-0.3, -0.25) is 4.31 Å². The summed E-state index contributed by atoms with van der Waals surface area (Å²) in [6, 6.07) is 5.97. The van der Waals surface area contributed by atoms with Gasteiger partial charge in [0.1, 0.15) is 0 Å². The summed E-state index contributed by atoms with van der Waals surface area (Å²) in [5, 5.41) is 0. The molecule has 1 aliphatic carbocycles. The molecule has 1 aromatic carbocycles. The molecule has 2 saturated heterocycles. The van der Waals surface area contributed by atoms with E-state index in [0.29, 0.717) is 25.3 Å². The van der Waals surface area contributed by atoms with E-state index in [1.807, 2.05) is 0 Å². The predicted molar refractivity (Wildman–Crippen MR) is 109 cm³/mol. The number of hydrogen-bond donors (Lipinski definition) is 1. The standard InChI is InChI=1S/C19H28N2O6S2/c22-28(23)13-5-4-12-21(28)16-6-8-18(9-7-16)29(24,25)20-14-17-15-26-19(27-17)10-2-1-3-11-19/h6-9,17,20H,1-5,10-15H2/t17-/m1/s1. The van der Waals surface area contributed by atoms with E-state index in [9.17, 15) is 16.8 Å². The summed E-state index contributed by atoms with van der Waals surface area (Å²) >= 11 is 0. The van der Waals surface area contributed by atoms with E-state index in [1.165, 1.54) is 22.9 Å². The maximum Gasteiger partial charge on any atom is 0.240 e. The fourth-order valence-electron chi connectivity index (χ4n) is 4.23. The second kappa shape index (κ2) is 8.14. The van der Waals surface area contributed by atoms with Gasteiger partial charge in [0.05, 0.1) is 29.0 Å². The second-order valence-corrected chi connectivity index (χ2v) is 11.7. The molecular weight excluding hydrogens is 416 g/mol. The maximum absolute atomic E-state index is 12.6. The van der Waals surface area contributed by atoms with Gasteiger partial charge in [0.15, 0.2) is 5.79 Å². The minimum absolute atomic E-state index is 0.0990. The van der Waals surface area contributed by atoms with Crippen molar-refractivity contribution in [3.8, 4) is 0 Å². The van der Waals surface area contributed by atoms with Crippen molar-refractivity contribution < 1.29 is 26.3 Å². The van der Waals surface area contributed by atoms with Crippen molar-refractivity contribution in [2.75, 3.05) is 29.8 Å². The SMILES string of the molecule is O=S(=O)(NC[C@@H]1COC2(CCCCC2)O1)c1ccc(N2CCCCS2(=O)=O)cc1. The molecule has 2 aliphatic heterocycles. The first-order chi connectivity index (χ1) is 13.8. The fraction of sp³-hybridized carbons (Fsp3) is 0.684. The van der Waals surface area contributed by atoms with E-state index in [1.54, 1.807) is 12.1 Å². The minimum Gasteiger partial charge on any atom is -0.347 e. The van der Waals surface area contributed by atoms with E-state index >= 15 is 0 Å². The van der Waals surface area contributed by atoms with Crippen molar-refractivity contribution in [1.29, 1.82) is 0 Å². The summed E-state index contributed by atoms with van der Waals surface area (Å²) in [5.74, 6) is -0.407. The second-order valence-electron chi connectivity index (χ2n) is 7.96. The Bertz CT molecular complexity index is 924. The highest BCUT2D eigenvalue weighted by Crippen LogP contribution is 2.37. The van der Waals surface area contributed by atoms with Crippen molar-refractivity contribution in [1.82, 2.24) is 4.72 Å². The number of anilines is 1. The zero-order valence-corrected chi connectivity index (χ0v) is 18.0. The third-order valence-corrected chi connectivity index (χ3v) is 9.12. The molecule has 29 heavy (non-hydrogen) atoms. The van der Waals surface area contributed by atoms with Crippen molar-refractivity contribution in [2.24, 2.45) is 0 Å². The van der Waals surface area contributed by atoms with E-state index in [2.05, 4.69) is 4.72 Å². The summed E-state index contributed by atoms with van der Waals surface area (Å²) in [7, 11) is -7.04. The molecule has 3 aliphatic rings. The van der Waals surface area contributed by atoms with Crippen molar-refractivity contribution in [3.05, 3.63) is 24.3 Å². The van der Waals surface area contributed by atoms with E-state index in [0.717, 1.165) is 32.1 Å². The van der Waals surface area contributed by atoms with Gasteiger partial charge in [0.2, 0.25) is 20.0 Å². The first-order valence-corrected chi connectivity index (χ1v) is 13.3.